The predicted octanol–water partition coefficient (Wildman–Crippen LogP) is 3.10. The van der Waals surface area contributed by atoms with Crippen LogP contribution in [0.15, 0.2) is 12.1 Å². The SMILES string of the molecule is O=[N+]([O-])c1cc(Cl)c(F)cc1NCC1(O)CCCC1. The van der Waals surface area contributed by atoms with Crippen LogP contribution in [0.25, 0.3) is 0 Å². The summed E-state index contributed by atoms with van der Waals surface area (Å²) in [5, 5.41) is 23.5. The van der Waals surface area contributed by atoms with E-state index in [1.165, 1.54) is 0 Å². The summed E-state index contributed by atoms with van der Waals surface area (Å²) < 4.78 is 13.4. The normalized spacial score (nSPS) is 17.4. The number of benzene rings is 1. The number of nitro groups is 1. The van der Waals surface area contributed by atoms with Gasteiger partial charge in [-0.1, -0.05) is 24.4 Å². The molecule has 1 saturated carbocycles. The highest BCUT2D eigenvalue weighted by atomic mass is 35.5. The van der Waals surface area contributed by atoms with Gasteiger partial charge in [-0.15, -0.1) is 0 Å². The molecule has 0 bridgehead atoms. The van der Waals surface area contributed by atoms with Gasteiger partial charge in [0.2, 0.25) is 0 Å². The van der Waals surface area contributed by atoms with Crippen LogP contribution in [0, 0.1) is 15.9 Å². The van der Waals surface area contributed by atoms with Crippen LogP contribution < -0.4 is 5.32 Å². The number of aliphatic hydroxyl groups is 1. The minimum Gasteiger partial charge on any atom is -0.388 e. The summed E-state index contributed by atoms with van der Waals surface area (Å²) >= 11 is 5.53. The lowest BCUT2D eigenvalue weighted by molar-refractivity contribution is -0.384. The molecule has 104 valence electrons. The van der Waals surface area contributed by atoms with Gasteiger partial charge in [0, 0.05) is 18.7 Å². The number of hydrogen-bond donors (Lipinski definition) is 2. The number of nitro benzene ring substituents is 1. The third-order valence-electron chi connectivity index (χ3n) is 3.38. The highest BCUT2D eigenvalue weighted by Crippen LogP contribution is 2.33. The maximum atomic E-state index is 13.4. The molecule has 0 aromatic heterocycles. The monoisotopic (exact) mass is 288 g/mol. The van der Waals surface area contributed by atoms with Crippen molar-refractivity contribution in [2.75, 3.05) is 11.9 Å². The second kappa shape index (κ2) is 5.30. The fourth-order valence-corrected chi connectivity index (χ4v) is 2.46. The van der Waals surface area contributed by atoms with Gasteiger partial charge in [0.15, 0.2) is 0 Å². The Kier molecular flexibility index (Phi) is 3.91. The van der Waals surface area contributed by atoms with Crippen molar-refractivity contribution in [2.45, 2.75) is 31.3 Å². The van der Waals surface area contributed by atoms with Gasteiger partial charge in [0.1, 0.15) is 11.5 Å². The molecule has 2 N–H and O–H groups in total. The number of anilines is 1. The van der Waals surface area contributed by atoms with E-state index in [1.807, 2.05) is 0 Å². The molecule has 1 aliphatic carbocycles. The van der Waals surface area contributed by atoms with E-state index in [1.54, 1.807) is 0 Å². The van der Waals surface area contributed by atoms with E-state index in [0.29, 0.717) is 12.8 Å². The van der Waals surface area contributed by atoms with Crippen LogP contribution in [-0.2, 0) is 0 Å². The van der Waals surface area contributed by atoms with E-state index >= 15 is 0 Å². The first-order chi connectivity index (χ1) is 8.91. The first-order valence-electron chi connectivity index (χ1n) is 6.01. The van der Waals surface area contributed by atoms with Crippen LogP contribution in [0.4, 0.5) is 15.8 Å². The smallest absolute Gasteiger partial charge is 0.294 e. The zero-order valence-corrected chi connectivity index (χ0v) is 10.9. The molecule has 2 rings (SSSR count). The van der Waals surface area contributed by atoms with E-state index in [0.717, 1.165) is 25.0 Å². The molecular weight excluding hydrogens is 275 g/mol. The van der Waals surface area contributed by atoms with Crippen molar-refractivity contribution in [3.63, 3.8) is 0 Å². The number of hydrogen-bond acceptors (Lipinski definition) is 4. The molecule has 0 unspecified atom stereocenters. The van der Waals surface area contributed by atoms with Gasteiger partial charge >= 0.3 is 0 Å². The first-order valence-corrected chi connectivity index (χ1v) is 6.39. The van der Waals surface area contributed by atoms with Crippen LogP contribution in [-0.4, -0.2) is 22.2 Å². The molecule has 5 nitrogen and oxygen atoms in total. The van der Waals surface area contributed by atoms with Crippen LogP contribution in [0.2, 0.25) is 5.02 Å². The van der Waals surface area contributed by atoms with E-state index < -0.39 is 16.3 Å². The van der Waals surface area contributed by atoms with Gasteiger partial charge in [0.05, 0.1) is 15.5 Å². The Bertz CT molecular complexity index is 504. The lowest BCUT2D eigenvalue weighted by Crippen LogP contribution is -2.33. The van der Waals surface area contributed by atoms with Crippen LogP contribution in [0.5, 0.6) is 0 Å². The lowest BCUT2D eigenvalue weighted by atomic mass is 10.0. The quantitative estimate of drug-likeness (QED) is 0.659. The fraction of sp³-hybridized carbons (Fsp3) is 0.500. The summed E-state index contributed by atoms with van der Waals surface area (Å²) in [6, 6.07) is 1.96. The standard InChI is InChI=1S/C12H14ClFN2O3/c13-8-5-11(16(18)19)10(6-9(8)14)15-7-12(17)3-1-2-4-12/h5-6,15,17H,1-4,7H2. The molecule has 1 aromatic carbocycles. The van der Waals surface area contributed by atoms with E-state index in [2.05, 4.69) is 5.32 Å². The topological polar surface area (TPSA) is 75.4 Å². The molecule has 0 saturated heterocycles. The van der Waals surface area contributed by atoms with Crippen molar-refractivity contribution < 1.29 is 14.4 Å². The Labute approximate surface area is 114 Å². The summed E-state index contributed by atoms with van der Waals surface area (Å²) in [6.07, 6.45) is 3.14. The zero-order valence-electron chi connectivity index (χ0n) is 10.2. The number of rotatable bonds is 4. The minimum absolute atomic E-state index is 0.0345. The Morgan fingerprint density at radius 3 is 2.68 bits per heavy atom. The van der Waals surface area contributed by atoms with Crippen LogP contribution in [0.3, 0.4) is 0 Å². The largest absolute Gasteiger partial charge is 0.388 e. The second-order valence-corrected chi connectivity index (χ2v) is 5.23. The average Bonchev–Trinajstić information content (AvgIpc) is 2.77. The third-order valence-corrected chi connectivity index (χ3v) is 3.67. The van der Waals surface area contributed by atoms with Gasteiger partial charge in [-0.25, -0.2) is 4.39 Å². The maximum absolute atomic E-state index is 13.4. The third kappa shape index (κ3) is 3.13. The first kappa shape index (κ1) is 14.0. The number of halogens is 2. The predicted molar refractivity (Wildman–Crippen MR) is 70.0 cm³/mol. The second-order valence-electron chi connectivity index (χ2n) is 4.83. The van der Waals surface area contributed by atoms with Crippen molar-refractivity contribution in [2.24, 2.45) is 0 Å². The molecule has 1 fully saturated rings. The number of nitrogens with one attached hydrogen (secondary N) is 1. The molecule has 0 amide bonds. The average molecular weight is 289 g/mol. The van der Waals surface area contributed by atoms with Gasteiger partial charge in [-0.3, -0.25) is 10.1 Å². The molecule has 0 radical (unpaired) electrons. The van der Waals surface area contributed by atoms with E-state index in [-0.39, 0.29) is 22.9 Å². The van der Waals surface area contributed by atoms with Crippen LogP contribution in [0.1, 0.15) is 25.7 Å². The molecule has 1 aromatic rings. The Hall–Kier alpha value is -1.40. The molecule has 0 atom stereocenters. The summed E-state index contributed by atoms with van der Waals surface area (Å²) in [5.74, 6) is -0.729. The lowest BCUT2D eigenvalue weighted by Gasteiger charge is -2.23. The van der Waals surface area contributed by atoms with Crippen molar-refractivity contribution in [3.05, 3.63) is 33.1 Å². The van der Waals surface area contributed by atoms with E-state index in [9.17, 15) is 19.6 Å². The molecule has 0 aliphatic heterocycles. The molecule has 7 heteroatoms. The van der Waals surface area contributed by atoms with Crippen LogP contribution >= 0.6 is 11.6 Å². The Balaban J connectivity index is 2.19. The zero-order chi connectivity index (χ0) is 14.0. The maximum Gasteiger partial charge on any atom is 0.294 e. The summed E-state index contributed by atoms with van der Waals surface area (Å²) in [5.41, 5.74) is -1.13. The molecule has 0 spiro atoms. The molecule has 0 heterocycles. The highest BCUT2D eigenvalue weighted by molar-refractivity contribution is 6.31. The van der Waals surface area contributed by atoms with Crippen molar-refractivity contribution in [1.29, 1.82) is 0 Å². The summed E-state index contributed by atoms with van der Waals surface area (Å²) in [4.78, 5) is 10.3. The molecule has 19 heavy (non-hydrogen) atoms. The van der Waals surface area contributed by atoms with Gasteiger partial charge < -0.3 is 10.4 Å². The van der Waals surface area contributed by atoms with Gasteiger partial charge in [-0.2, -0.15) is 0 Å². The molecule has 1 aliphatic rings. The van der Waals surface area contributed by atoms with Crippen molar-refractivity contribution >= 4 is 23.0 Å². The summed E-state index contributed by atoms with van der Waals surface area (Å²) in [6.45, 7) is 0.162. The Morgan fingerprint density at radius 2 is 2.11 bits per heavy atom. The number of nitrogens with zero attached hydrogens (tertiary/aromatic N) is 1. The van der Waals surface area contributed by atoms with Gasteiger partial charge in [0.25, 0.3) is 5.69 Å². The summed E-state index contributed by atoms with van der Waals surface area (Å²) in [7, 11) is 0. The molecular formula is C12H14ClFN2O3. The highest BCUT2D eigenvalue weighted by Gasteiger charge is 2.31. The fourth-order valence-electron chi connectivity index (χ4n) is 2.30. The van der Waals surface area contributed by atoms with Crippen molar-refractivity contribution in [3.8, 4) is 0 Å². The van der Waals surface area contributed by atoms with Crippen molar-refractivity contribution in [1.82, 2.24) is 0 Å². The minimum atomic E-state index is -0.871. The van der Waals surface area contributed by atoms with E-state index in [4.69, 9.17) is 11.6 Å². The Morgan fingerprint density at radius 1 is 1.47 bits per heavy atom. The van der Waals surface area contributed by atoms with Gasteiger partial charge in [-0.05, 0) is 12.8 Å².